The second kappa shape index (κ2) is 28.0. The van der Waals surface area contributed by atoms with Crippen molar-refractivity contribution in [1.82, 2.24) is 20.0 Å². The molecule has 4 heterocycles. The summed E-state index contributed by atoms with van der Waals surface area (Å²) < 4.78 is 99.2. The van der Waals surface area contributed by atoms with Gasteiger partial charge in [0.1, 0.15) is 35.3 Å². The number of piperidine rings is 2. The molecule has 0 radical (unpaired) electrons. The van der Waals surface area contributed by atoms with E-state index in [1.807, 2.05) is 6.07 Å². The minimum Gasteiger partial charge on any atom is -0.490 e. The Bertz CT molecular complexity index is 3120. The summed E-state index contributed by atoms with van der Waals surface area (Å²) in [5, 5.41) is 3.29. The number of carbonyl (C=O) groups is 4. The Balaban J connectivity index is 0.000000232. The lowest BCUT2D eigenvalue weighted by molar-refractivity contribution is 0.0591. The Kier molecular flexibility index (Phi) is 21.3. The average Bonchev–Trinajstić information content (AvgIpc) is 3.45. The number of carbonyl (C=O) groups excluding carboxylic acids is 4. The van der Waals surface area contributed by atoms with E-state index in [-0.39, 0.29) is 109 Å². The fourth-order valence-electron chi connectivity index (χ4n) is 9.60. The first-order chi connectivity index (χ1) is 38.0. The number of nitrogens with one attached hydrogen (secondary N) is 1. The molecule has 80 heavy (non-hydrogen) atoms. The van der Waals surface area contributed by atoms with E-state index in [1.165, 1.54) is 63.6 Å². The summed E-state index contributed by atoms with van der Waals surface area (Å²) in [6.07, 6.45) is 3.81. The van der Waals surface area contributed by atoms with Gasteiger partial charge in [-0.1, -0.05) is 42.5 Å². The highest BCUT2D eigenvalue weighted by atomic mass is 35.5. The van der Waals surface area contributed by atoms with Crippen molar-refractivity contribution in [1.29, 1.82) is 0 Å². The molecule has 5 aromatic carbocycles. The Labute approximate surface area is 472 Å². The number of sulfone groups is 2. The van der Waals surface area contributed by atoms with E-state index in [0.29, 0.717) is 22.9 Å². The van der Waals surface area contributed by atoms with E-state index < -0.39 is 55.3 Å². The molecule has 0 aliphatic carbocycles. The molecule has 4 amide bonds. The summed E-state index contributed by atoms with van der Waals surface area (Å²) in [5.74, 6) is -1.74. The van der Waals surface area contributed by atoms with Gasteiger partial charge in [-0.2, -0.15) is 0 Å². The largest absolute Gasteiger partial charge is 0.490 e. The Morgan fingerprint density at radius 1 is 0.550 bits per heavy atom. The molecule has 0 spiro atoms. The van der Waals surface area contributed by atoms with Gasteiger partial charge in [-0.3, -0.25) is 14.7 Å². The highest BCUT2D eigenvalue weighted by Crippen LogP contribution is 2.29. The molecule has 9 rings (SSSR count). The Hall–Kier alpha value is -6.85. The number of benzene rings is 5. The van der Waals surface area contributed by atoms with Crippen LogP contribution >= 0.6 is 12.4 Å². The number of hydrogen-bond acceptors (Lipinski definition) is 14. The number of methoxy groups -OCH3 is 2. The lowest BCUT2D eigenvalue weighted by Gasteiger charge is -2.33. The van der Waals surface area contributed by atoms with Crippen LogP contribution in [0.15, 0.2) is 115 Å². The van der Waals surface area contributed by atoms with Gasteiger partial charge in [0.05, 0.1) is 61.4 Å². The van der Waals surface area contributed by atoms with Crippen LogP contribution in [0.4, 0.5) is 29.7 Å². The summed E-state index contributed by atoms with van der Waals surface area (Å²) >= 11 is 0. The molecule has 4 saturated heterocycles. The van der Waals surface area contributed by atoms with Crippen molar-refractivity contribution in [2.75, 3.05) is 99.4 Å². The van der Waals surface area contributed by atoms with Gasteiger partial charge in [0, 0.05) is 68.3 Å². The molecule has 4 aliphatic heterocycles. The van der Waals surface area contributed by atoms with Gasteiger partial charge < -0.3 is 34.1 Å². The second-order valence-corrected chi connectivity index (χ2v) is 24.4. The maximum absolute atomic E-state index is 15.0. The Morgan fingerprint density at radius 3 is 1.34 bits per heavy atom. The van der Waals surface area contributed by atoms with Crippen LogP contribution in [0.2, 0.25) is 0 Å². The van der Waals surface area contributed by atoms with E-state index in [9.17, 15) is 40.4 Å². The zero-order chi connectivity index (χ0) is 56.1. The van der Waals surface area contributed by atoms with Crippen LogP contribution in [-0.2, 0) is 48.8 Å². The molecule has 0 atom stereocenters. The molecule has 1 N–H and O–H groups in total. The molecule has 23 heteroatoms. The quantitative estimate of drug-likeness (QED) is 0.107. The van der Waals surface area contributed by atoms with E-state index in [1.54, 1.807) is 48.5 Å². The van der Waals surface area contributed by atoms with E-state index >= 15 is 4.39 Å². The zero-order valence-electron chi connectivity index (χ0n) is 44.7. The van der Waals surface area contributed by atoms with Crippen LogP contribution in [0.1, 0.15) is 63.1 Å². The number of rotatable bonds is 14. The molecule has 5 aromatic rings. The summed E-state index contributed by atoms with van der Waals surface area (Å²) in [7, 11) is -3.94. The van der Waals surface area contributed by atoms with Crippen LogP contribution in [0.25, 0.3) is 0 Å². The number of hydrogen-bond donors (Lipinski definition) is 1. The number of amides is 4. The van der Waals surface area contributed by atoms with E-state index in [0.717, 1.165) is 70.5 Å². The summed E-state index contributed by atoms with van der Waals surface area (Å²) in [6, 6.07) is 31.6. The first-order valence-electron chi connectivity index (χ1n) is 26.2. The van der Waals surface area contributed by atoms with Crippen molar-refractivity contribution >= 4 is 67.5 Å². The van der Waals surface area contributed by atoms with Crippen molar-refractivity contribution in [3.63, 3.8) is 0 Å². The summed E-state index contributed by atoms with van der Waals surface area (Å²) in [5.41, 5.74) is 2.86. The number of halogens is 3. The van der Waals surface area contributed by atoms with Crippen molar-refractivity contribution in [3.05, 3.63) is 155 Å². The molecule has 0 saturated carbocycles. The smallest absolute Gasteiger partial charge is 0.337 e. The maximum atomic E-state index is 15.0. The molecule has 4 fully saturated rings. The number of likely N-dealkylation sites (tertiary alicyclic amines) is 1. The number of anilines is 2. The predicted octanol–water partition coefficient (Wildman–Crippen LogP) is 7.53. The monoisotopic (exact) mass is 1160 g/mol. The lowest BCUT2D eigenvalue weighted by Crippen LogP contribution is -2.49. The molecule has 4 aliphatic rings. The van der Waals surface area contributed by atoms with Gasteiger partial charge in [0.15, 0.2) is 19.7 Å². The highest BCUT2D eigenvalue weighted by molar-refractivity contribution is 7.91. The third-order valence-electron chi connectivity index (χ3n) is 14.3. The van der Waals surface area contributed by atoms with E-state index in [2.05, 4.69) is 44.0 Å². The number of ether oxygens (including phenoxy) is 4. The molecule has 18 nitrogen and oxygen atoms in total. The van der Waals surface area contributed by atoms with Crippen LogP contribution in [0, 0.1) is 11.6 Å². The predicted molar refractivity (Wildman–Crippen MR) is 301 cm³/mol. The maximum Gasteiger partial charge on any atom is 0.337 e. The third kappa shape index (κ3) is 16.6. The molecule has 0 aromatic heterocycles. The van der Waals surface area contributed by atoms with Gasteiger partial charge in [0.2, 0.25) is 0 Å². The topological polar surface area (TPSA) is 202 Å². The third-order valence-corrected chi connectivity index (χ3v) is 17.5. The fourth-order valence-corrected chi connectivity index (χ4v) is 12.0. The summed E-state index contributed by atoms with van der Waals surface area (Å²) in [4.78, 5) is 58.8. The molecular formula is C57H67ClF2N6O12S2. The fraction of sp³-hybridized carbons (Fsp3) is 0.404. The van der Waals surface area contributed by atoms with Gasteiger partial charge >= 0.3 is 24.0 Å². The highest BCUT2D eigenvalue weighted by Gasteiger charge is 2.32. The van der Waals surface area contributed by atoms with Crippen LogP contribution in [0.3, 0.4) is 0 Å². The van der Waals surface area contributed by atoms with Crippen molar-refractivity contribution in [2.45, 2.75) is 57.5 Å². The first-order valence-corrected chi connectivity index (χ1v) is 29.9. The van der Waals surface area contributed by atoms with Gasteiger partial charge in [0.25, 0.3) is 0 Å². The lowest BCUT2D eigenvalue weighted by atomic mass is 10.1. The minimum absolute atomic E-state index is 0. The second-order valence-electron chi connectivity index (χ2n) is 19.7. The average molecular weight is 1170 g/mol. The molecule has 0 unspecified atom stereocenters. The van der Waals surface area contributed by atoms with Crippen LogP contribution in [0.5, 0.6) is 11.5 Å². The van der Waals surface area contributed by atoms with Crippen LogP contribution < -0.4 is 24.6 Å². The van der Waals surface area contributed by atoms with Gasteiger partial charge in [-0.05, 0) is 117 Å². The van der Waals surface area contributed by atoms with Gasteiger partial charge in [-0.25, -0.2) is 44.8 Å². The molecular weight excluding hydrogens is 1100 g/mol. The van der Waals surface area contributed by atoms with E-state index in [4.69, 9.17) is 9.47 Å². The SMILES string of the molecule is COC(=O)c1ccc(CN(C(=O)N2CCS(=O)(=O)CC2)c2ccc(OC3CCN(Cc4ccccc4)CC3)cc2)c(F)c1.COC(=O)c1ccc(CN(C(=O)N2CCS(=O)(=O)CC2)c2ccc(OC3CCNCC3)cc2)c(F)c1.Cl. The number of esters is 2. The summed E-state index contributed by atoms with van der Waals surface area (Å²) in [6.45, 7) is 4.62. The van der Waals surface area contributed by atoms with Crippen molar-refractivity contribution in [2.24, 2.45) is 0 Å². The molecule has 430 valence electrons. The van der Waals surface area contributed by atoms with Crippen molar-refractivity contribution in [3.8, 4) is 11.5 Å². The number of urea groups is 2. The normalized spacial score (nSPS) is 17.4. The number of nitrogens with zero attached hydrogens (tertiary/aromatic N) is 5. The van der Waals surface area contributed by atoms with Crippen LogP contribution in [-0.4, -0.2) is 157 Å². The first kappa shape index (κ1) is 60.8. The Morgan fingerprint density at radius 2 is 0.950 bits per heavy atom. The van der Waals surface area contributed by atoms with Gasteiger partial charge in [-0.15, -0.1) is 12.4 Å². The van der Waals surface area contributed by atoms with Crippen molar-refractivity contribution < 1.29 is 63.7 Å². The standard InChI is InChI=1S/C32H36FN3O6S.C25H30FN3O6S.ClH/c1-41-31(37)25-7-8-26(30(33)21-25)23-36(32(38)35-17-19-43(39,40)20-18-35)27-9-11-28(12-10-27)42-29-13-15-34(16-14-29)22-24-5-3-2-4-6-24;1-34-24(30)18-2-3-19(23(26)16-18)17-29(25(31)28-12-14-36(32,33)15-13-28)20-4-6-21(7-5-20)35-22-8-10-27-11-9-22;/h2-12,21,29H,13-20,22-23H2,1H3;2-7,16,22,27H,8-15,17H2,1H3;1H. The zero-order valence-corrected chi connectivity index (χ0v) is 47.1. The molecule has 0 bridgehead atoms. The minimum atomic E-state index is -3.20.